The van der Waals surface area contributed by atoms with Gasteiger partial charge in [0.05, 0.1) is 17.8 Å². The number of furan rings is 1. The maximum atomic E-state index is 13.3. The van der Waals surface area contributed by atoms with Gasteiger partial charge in [-0.25, -0.2) is 4.68 Å². The molecular formula is C29H32N6O2. The maximum absolute atomic E-state index is 13.3. The van der Waals surface area contributed by atoms with Gasteiger partial charge in [-0.15, -0.1) is 5.10 Å². The van der Waals surface area contributed by atoms with Crippen molar-refractivity contribution in [2.24, 2.45) is 0 Å². The Bertz CT molecular complexity index is 1520. The lowest BCUT2D eigenvalue weighted by molar-refractivity contribution is 0.155. The number of tetrazole rings is 1. The maximum Gasteiger partial charge on any atom is 0.252 e. The number of hydrogen-bond acceptors (Lipinski definition) is 6. The van der Waals surface area contributed by atoms with E-state index in [2.05, 4.69) is 63.5 Å². The smallest absolute Gasteiger partial charge is 0.252 e. The average Bonchev–Trinajstić information content (AvgIpc) is 3.56. The monoisotopic (exact) mass is 496 g/mol. The van der Waals surface area contributed by atoms with Gasteiger partial charge in [0.15, 0.2) is 5.82 Å². The van der Waals surface area contributed by atoms with E-state index < -0.39 is 0 Å². The summed E-state index contributed by atoms with van der Waals surface area (Å²) < 4.78 is 7.35. The number of rotatable bonds is 10. The number of fused-ring (bicyclic) bond motifs is 1. The lowest BCUT2D eigenvalue weighted by Gasteiger charge is -2.31. The quantitative estimate of drug-likeness (QED) is 0.281. The molecular weight excluding hydrogens is 464 g/mol. The van der Waals surface area contributed by atoms with Crippen LogP contribution in [0.5, 0.6) is 0 Å². The highest BCUT2D eigenvalue weighted by Crippen LogP contribution is 2.28. The van der Waals surface area contributed by atoms with Crippen LogP contribution in [0.25, 0.3) is 10.9 Å². The molecule has 0 radical (unpaired) electrons. The summed E-state index contributed by atoms with van der Waals surface area (Å²) in [5.41, 5.74) is 4.95. The molecule has 1 atom stereocenters. The first-order valence-electron chi connectivity index (χ1n) is 12.7. The fraction of sp³-hybridized carbons (Fsp3) is 0.310. The van der Waals surface area contributed by atoms with Crippen LogP contribution in [-0.2, 0) is 19.6 Å². The number of nitrogens with one attached hydrogen (secondary N) is 1. The molecule has 1 N–H and O–H groups in total. The number of H-pyrrole nitrogens is 1. The Balaban J connectivity index is 1.55. The van der Waals surface area contributed by atoms with Crippen LogP contribution in [0.3, 0.4) is 0 Å². The van der Waals surface area contributed by atoms with Crippen molar-refractivity contribution in [2.75, 3.05) is 0 Å². The van der Waals surface area contributed by atoms with E-state index in [0.29, 0.717) is 19.6 Å². The molecule has 3 aromatic heterocycles. The minimum Gasteiger partial charge on any atom is -0.467 e. The van der Waals surface area contributed by atoms with Crippen molar-refractivity contribution in [2.45, 2.75) is 59.3 Å². The van der Waals surface area contributed by atoms with Crippen LogP contribution < -0.4 is 5.56 Å². The van der Waals surface area contributed by atoms with Gasteiger partial charge in [-0.05, 0) is 71.5 Å². The molecule has 3 heterocycles. The molecule has 0 bridgehead atoms. The molecule has 0 saturated carbocycles. The summed E-state index contributed by atoms with van der Waals surface area (Å²) in [6, 6.07) is 20.2. The van der Waals surface area contributed by atoms with E-state index in [1.165, 1.54) is 5.56 Å². The zero-order chi connectivity index (χ0) is 25.8. The third kappa shape index (κ3) is 5.54. The molecule has 0 fully saturated rings. The van der Waals surface area contributed by atoms with Crippen LogP contribution in [0.15, 0.2) is 76.1 Å². The Morgan fingerprint density at radius 2 is 1.89 bits per heavy atom. The topological polar surface area (TPSA) is 92.8 Å². The first-order chi connectivity index (χ1) is 18.0. The minimum atomic E-state index is -0.0930. The SMILES string of the molecule is CCC[C@@H](c1nnnn1Cc1ccco1)N(Cc1ccccc1)Cc1cc2cc(C)cc(C)c2[nH]c1=O. The molecule has 0 unspecified atom stereocenters. The van der Waals surface area contributed by atoms with Crippen molar-refractivity contribution in [3.05, 3.63) is 111 Å². The van der Waals surface area contributed by atoms with E-state index in [1.807, 2.05) is 43.3 Å². The first-order valence-corrected chi connectivity index (χ1v) is 12.7. The standard InChI is InChI=1S/C29H32N6O2/c1-4-9-26(28-31-32-33-35(28)19-25-12-8-13-37-25)34(17-22-10-6-5-7-11-22)18-24-16-23-15-20(2)14-21(3)27(23)30-29(24)36/h5-8,10-16,26H,4,9,17-19H2,1-3H3,(H,30,36)/t26-/m0/s1. The summed E-state index contributed by atoms with van der Waals surface area (Å²) in [7, 11) is 0. The van der Waals surface area contributed by atoms with Crippen LogP contribution in [0.4, 0.5) is 0 Å². The second-order valence-corrected chi connectivity index (χ2v) is 9.64. The minimum absolute atomic E-state index is 0.0667. The fourth-order valence-corrected chi connectivity index (χ4v) is 5.02. The highest BCUT2D eigenvalue weighted by molar-refractivity contribution is 5.82. The lowest BCUT2D eigenvalue weighted by atomic mass is 10.0. The predicted octanol–water partition coefficient (Wildman–Crippen LogP) is 5.32. The zero-order valence-electron chi connectivity index (χ0n) is 21.5. The normalized spacial score (nSPS) is 12.4. The summed E-state index contributed by atoms with van der Waals surface area (Å²) in [6.45, 7) is 7.83. The van der Waals surface area contributed by atoms with E-state index >= 15 is 0 Å². The molecule has 5 rings (SSSR count). The van der Waals surface area contributed by atoms with Crippen molar-refractivity contribution in [3.8, 4) is 0 Å². The number of pyridine rings is 1. The number of aromatic nitrogens is 5. The molecule has 8 nitrogen and oxygen atoms in total. The van der Waals surface area contributed by atoms with Gasteiger partial charge < -0.3 is 9.40 Å². The van der Waals surface area contributed by atoms with Gasteiger partial charge in [0.1, 0.15) is 12.3 Å². The number of hydrogen-bond donors (Lipinski definition) is 1. The van der Waals surface area contributed by atoms with Crippen LogP contribution in [0.1, 0.15) is 59.6 Å². The van der Waals surface area contributed by atoms with Gasteiger partial charge in [0, 0.05) is 18.7 Å². The van der Waals surface area contributed by atoms with E-state index in [0.717, 1.165) is 52.0 Å². The lowest BCUT2D eigenvalue weighted by Crippen LogP contribution is -2.32. The molecule has 2 aromatic carbocycles. The number of benzene rings is 2. The summed E-state index contributed by atoms with van der Waals surface area (Å²) in [4.78, 5) is 18.7. The molecule has 8 heteroatoms. The Morgan fingerprint density at radius 1 is 1.05 bits per heavy atom. The molecule has 0 amide bonds. The molecule has 5 aromatic rings. The van der Waals surface area contributed by atoms with Gasteiger partial charge in [-0.1, -0.05) is 55.3 Å². The number of nitrogens with zero attached hydrogens (tertiary/aromatic N) is 5. The van der Waals surface area contributed by atoms with Gasteiger partial charge in [0.25, 0.3) is 5.56 Å². The highest BCUT2D eigenvalue weighted by Gasteiger charge is 2.27. The Hall–Kier alpha value is -4.04. The van der Waals surface area contributed by atoms with Crippen LogP contribution >= 0.6 is 0 Å². The van der Waals surface area contributed by atoms with E-state index in [4.69, 9.17) is 4.42 Å². The molecule has 190 valence electrons. The molecule has 0 saturated heterocycles. The summed E-state index contributed by atoms with van der Waals surface area (Å²) in [5, 5.41) is 13.8. The van der Waals surface area contributed by atoms with Crippen LogP contribution in [-0.4, -0.2) is 30.1 Å². The Morgan fingerprint density at radius 3 is 2.65 bits per heavy atom. The van der Waals surface area contributed by atoms with E-state index in [1.54, 1.807) is 10.9 Å². The molecule has 0 aliphatic rings. The summed E-state index contributed by atoms with van der Waals surface area (Å²) in [6.07, 6.45) is 3.44. The van der Waals surface area contributed by atoms with Crippen molar-refractivity contribution in [1.29, 1.82) is 0 Å². The van der Waals surface area contributed by atoms with Crippen LogP contribution in [0.2, 0.25) is 0 Å². The van der Waals surface area contributed by atoms with Crippen molar-refractivity contribution in [1.82, 2.24) is 30.1 Å². The average molecular weight is 497 g/mol. The van der Waals surface area contributed by atoms with Gasteiger partial charge >= 0.3 is 0 Å². The second kappa shape index (κ2) is 10.9. The van der Waals surface area contributed by atoms with Gasteiger partial charge in [0.2, 0.25) is 0 Å². The van der Waals surface area contributed by atoms with Crippen molar-refractivity contribution < 1.29 is 4.42 Å². The highest BCUT2D eigenvalue weighted by atomic mass is 16.3. The third-order valence-corrected chi connectivity index (χ3v) is 6.72. The summed E-state index contributed by atoms with van der Waals surface area (Å²) in [5.74, 6) is 1.55. The van der Waals surface area contributed by atoms with Crippen molar-refractivity contribution >= 4 is 10.9 Å². The van der Waals surface area contributed by atoms with Gasteiger partial charge in [-0.2, -0.15) is 0 Å². The molecule has 0 aliphatic heterocycles. The number of aryl methyl sites for hydroxylation is 2. The predicted molar refractivity (Wildman–Crippen MR) is 143 cm³/mol. The Kier molecular flexibility index (Phi) is 7.28. The second-order valence-electron chi connectivity index (χ2n) is 9.64. The molecule has 0 aliphatic carbocycles. The third-order valence-electron chi connectivity index (χ3n) is 6.72. The first kappa shape index (κ1) is 24.6. The molecule has 0 spiro atoms. The van der Waals surface area contributed by atoms with Crippen molar-refractivity contribution in [3.63, 3.8) is 0 Å². The number of aromatic amines is 1. The molecule has 37 heavy (non-hydrogen) atoms. The zero-order valence-corrected chi connectivity index (χ0v) is 21.5. The summed E-state index contributed by atoms with van der Waals surface area (Å²) >= 11 is 0. The van der Waals surface area contributed by atoms with E-state index in [9.17, 15) is 4.79 Å². The van der Waals surface area contributed by atoms with Gasteiger partial charge in [-0.3, -0.25) is 9.69 Å². The van der Waals surface area contributed by atoms with E-state index in [-0.39, 0.29) is 11.6 Å². The fourth-order valence-electron chi connectivity index (χ4n) is 5.02. The van der Waals surface area contributed by atoms with Crippen LogP contribution in [0, 0.1) is 13.8 Å². The Labute approximate surface area is 215 Å². The largest absolute Gasteiger partial charge is 0.467 e.